The van der Waals surface area contributed by atoms with Gasteiger partial charge in [0.05, 0.1) is 6.61 Å². The average Bonchev–Trinajstić information content (AvgIpc) is 2.29. The molecule has 0 unspecified atom stereocenters. The van der Waals surface area contributed by atoms with Crippen LogP contribution in [0.4, 0.5) is 0 Å². The molecule has 1 aromatic rings. The van der Waals surface area contributed by atoms with E-state index >= 15 is 0 Å². The zero-order valence-electron chi connectivity index (χ0n) is 13.0. The first kappa shape index (κ1) is 16.3. The number of unbranched alkanes of at least 4 members (excludes halogenated alkanes) is 1. The van der Waals surface area contributed by atoms with E-state index in [1.165, 1.54) is 5.46 Å². The molecule has 0 aromatic heterocycles. The van der Waals surface area contributed by atoms with Gasteiger partial charge in [-0.25, -0.2) is 0 Å². The molecule has 0 fully saturated rings. The number of hydrogen-bond acceptors (Lipinski definition) is 2. The van der Waals surface area contributed by atoms with Gasteiger partial charge in [0.25, 0.3) is 0 Å². The summed E-state index contributed by atoms with van der Waals surface area (Å²) in [5.74, 6) is 0.946. The van der Waals surface area contributed by atoms with Crippen molar-refractivity contribution in [1.82, 2.24) is 0 Å². The van der Waals surface area contributed by atoms with Gasteiger partial charge >= 0.3 is 0 Å². The Hall–Kier alpha value is -0.738. The molecule has 1 rings (SSSR count). The Labute approximate surface area is 119 Å². The maximum Gasteiger partial charge on any atom is 0.188 e. The smallest absolute Gasteiger partial charge is 0.188 e. The monoisotopic (exact) mass is 278 g/mol. The predicted octanol–water partition coefficient (Wildman–Crippen LogP) is 2.47. The maximum atomic E-state index is 10.2. The van der Waals surface area contributed by atoms with Gasteiger partial charge in [0.2, 0.25) is 0 Å². The number of ether oxygens (including phenoxy) is 1. The largest absolute Gasteiger partial charge is 0.494 e. The van der Waals surface area contributed by atoms with Crippen LogP contribution in [0.5, 0.6) is 5.75 Å². The second kappa shape index (κ2) is 6.62. The minimum absolute atomic E-state index is 0.0802. The summed E-state index contributed by atoms with van der Waals surface area (Å²) in [6, 6.07) is 8.17. The molecule has 0 saturated heterocycles. The first-order valence-electron chi connectivity index (χ1n) is 7.14. The van der Waals surface area contributed by atoms with Crippen molar-refractivity contribution in [3.63, 3.8) is 0 Å². The van der Waals surface area contributed by atoms with Gasteiger partial charge in [-0.15, -0.1) is 0 Å². The van der Waals surface area contributed by atoms with E-state index in [-0.39, 0.29) is 5.04 Å². The molecule has 0 spiro atoms. The number of rotatable bonds is 7. The minimum Gasteiger partial charge on any atom is -0.494 e. The highest BCUT2D eigenvalue weighted by Gasteiger charge is 2.37. The lowest BCUT2D eigenvalue weighted by Crippen LogP contribution is -2.38. The summed E-state index contributed by atoms with van der Waals surface area (Å²) in [5.41, 5.74) is 1.25. The molecular weight excluding hydrogens is 251 g/mol. The third-order valence-corrected chi connectivity index (χ3v) is 7.70. The fraction of sp³-hybridized carbons (Fsp3) is 0.600. The van der Waals surface area contributed by atoms with Crippen LogP contribution >= 0.6 is 0 Å². The fourth-order valence-corrected chi connectivity index (χ4v) is 2.59. The van der Waals surface area contributed by atoms with E-state index in [0.717, 1.165) is 31.6 Å². The molecule has 0 aliphatic rings. The second-order valence-corrected chi connectivity index (χ2v) is 11.0. The Balaban J connectivity index is 2.23. The zero-order chi connectivity index (χ0) is 14.5. The normalized spacial score (nSPS) is 12.5. The van der Waals surface area contributed by atoms with E-state index in [0.29, 0.717) is 0 Å². The molecule has 0 atom stereocenters. The van der Waals surface area contributed by atoms with Crippen molar-refractivity contribution in [3.05, 3.63) is 24.3 Å². The molecule has 0 bridgehead atoms. The van der Waals surface area contributed by atoms with E-state index in [2.05, 4.69) is 33.8 Å². The molecule has 0 radical (unpaired) electrons. The van der Waals surface area contributed by atoms with Crippen LogP contribution in [0.15, 0.2) is 24.3 Å². The van der Waals surface area contributed by atoms with Crippen molar-refractivity contribution < 1.29 is 9.53 Å². The van der Waals surface area contributed by atoms with Crippen LogP contribution in [0.25, 0.3) is 0 Å². The van der Waals surface area contributed by atoms with Crippen molar-refractivity contribution in [2.45, 2.75) is 51.2 Å². The molecule has 0 saturated carbocycles. The number of benzene rings is 1. The molecule has 0 heterocycles. The van der Waals surface area contributed by atoms with Gasteiger partial charge in [-0.1, -0.05) is 31.4 Å². The summed E-state index contributed by atoms with van der Waals surface area (Å²) in [5, 5.41) is 0.0802. The van der Waals surface area contributed by atoms with E-state index in [1.807, 2.05) is 25.2 Å². The average molecular weight is 278 g/mol. The predicted molar refractivity (Wildman–Crippen MR) is 87.7 cm³/mol. The first-order valence-corrected chi connectivity index (χ1v) is 10.1. The molecule has 0 aliphatic carbocycles. The SMILES string of the molecule is Bc1ccc(OCCCCC(C)(C)[Si](C)(C)O)cc1. The van der Waals surface area contributed by atoms with Crippen LogP contribution < -0.4 is 10.2 Å². The molecular formula is C15H27BO2Si. The van der Waals surface area contributed by atoms with E-state index in [4.69, 9.17) is 4.74 Å². The van der Waals surface area contributed by atoms with Crippen LogP contribution in [-0.4, -0.2) is 27.6 Å². The molecule has 0 aliphatic heterocycles. The summed E-state index contributed by atoms with van der Waals surface area (Å²) in [6.45, 7) is 9.16. The highest BCUT2D eigenvalue weighted by molar-refractivity contribution is 6.72. The lowest BCUT2D eigenvalue weighted by Gasteiger charge is -2.35. The Morgan fingerprint density at radius 2 is 1.74 bits per heavy atom. The molecule has 1 N–H and O–H groups in total. The topological polar surface area (TPSA) is 29.5 Å². The third kappa shape index (κ3) is 5.41. The van der Waals surface area contributed by atoms with E-state index in [9.17, 15) is 4.80 Å². The van der Waals surface area contributed by atoms with Gasteiger partial charge in [0.1, 0.15) is 13.6 Å². The van der Waals surface area contributed by atoms with Gasteiger partial charge < -0.3 is 9.53 Å². The standard InChI is InChI=1S/C15H27BO2Si/c1-15(2,19(3,4)17)11-5-6-12-18-14-9-7-13(16)8-10-14/h7-10,17H,5-6,11-12,16H2,1-4H3. The Bertz CT molecular complexity index is 382. The number of hydrogen-bond donors (Lipinski definition) is 1. The summed E-state index contributed by atoms with van der Waals surface area (Å²) in [4.78, 5) is 10.2. The van der Waals surface area contributed by atoms with Crippen LogP contribution in [0.1, 0.15) is 33.1 Å². The lowest BCUT2D eigenvalue weighted by atomic mass is 9.97. The Morgan fingerprint density at radius 1 is 1.16 bits per heavy atom. The van der Waals surface area contributed by atoms with Gasteiger partial charge in [0.15, 0.2) is 8.32 Å². The van der Waals surface area contributed by atoms with Gasteiger partial charge in [-0.05, 0) is 49.5 Å². The highest BCUT2D eigenvalue weighted by Crippen LogP contribution is 2.39. The first-order chi connectivity index (χ1) is 8.72. The van der Waals surface area contributed by atoms with Crippen molar-refractivity contribution in [2.75, 3.05) is 6.61 Å². The maximum absolute atomic E-state index is 10.2. The van der Waals surface area contributed by atoms with Gasteiger partial charge in [0, 0.05) is 0 Å². The molecule has 106 valence electrons. The van der Waals surface area contributed by atoms with Gasteiger partial charge in [-0.3, -0.25) is 0 Å². The second-order valence-electron chi connectivity index (χ2n) is 6.56. The van der Waals surface area contributed by atoms with Crippen LogP contribution in [0, 0.1) is 0 Å². The summed E-state index contributed by atoms with van der Waals surface area (Å²) < 4.78 is 5.71. The third-order valence-electron chi connectivity index (χ3n) is 4.14. The van der Waals surface area contributed by atoms with Crippen LogP contribution in [0.2, 0.25) is 18.1 Å². The van der Waals surface area contributed by atoms with Crippen molar-refractivity contribution in [2.24, 2.45) is 0 Å². The summed E-state index contributed by atoms with van der Waals surface area (Å²) in [6.07, 6.45) is 3.22. The van der Waals surface area contributed by atoms with Crippen LogP contribution in [0.3, 0.4) is 0 Å². The van der Waals surface area contributed by atoms with Crippen molar-refractivity contribution in [3.8, 4) is 5.75 Å². The lowest BCUT2D eigenvalue weighted by molar-refractivity contribution is 0.300. The van der Waals surface area contributed by atoms with E-state index < -0.39 is 8.32 Å². The van der Waals surface area contributed by atoms with Gasteiger partial charge in [-0.2, -0.15) is 0 Å². The summed E-state index contributed by atoms with van der Waals surface area (Å²) >= 11 is 0. The quantitative estimate of drug-likeness (QED) is 0.613. The molecule has 1 aromatic carbocycles. The molecule has 19 heavy (non-hydrogen) atoms. The highest BCUT2D eigenvalue weighted by atomic mass is 28.4. The fourth-order valence-electron chi connectivity index (χ4n) is 1.80. The van der Waals surface area contributed by atoms with E-state index in [1.54, 1.807) is 0 Å². The van der Waals surface area contributed by atoms with Crippen molar-refractivity contribution >= 4 is 21.6 Å². The molecule has 0 amide bonds. The Morgan fingerprint density at radius 3 is 2.26 bits per heavy atom. The Kier molecular flexibility index (Phi) is 5.68. The molecule has 4 heteroatoms. The van der Waals surface area contributed by atoms with Crippen LogP contribution in [-0.2, 0) is 0 Å². The van der Waals surface area contributed by atoms with Crippen molar-refractivity contribution in [1.29, 1.82) is 0 Å². The summed E-state index contributed by atoms with van der Waals surface area (Å²) in [7, 11) is 0.0197. The molecule has 2 nitrogen and oxygen atoms in total. The minimum atomic E-state index is -2.06. The zero-order valence-corrected chi connectivity index (χ0v) is 14.0.